The van der Waals surface area contributed by atoms with Gasteiger partial charge < -0.3 is 25.8 Å². The Hall–Kier alpha value is -3.10. The van der Waals surface area contributed by atoms with E-state index in [1.807, 2.05) is 19.9 Å². The van der Waals surface area contributed by atoms with Crippen molar-refractivity contribution < 1.29 is 28.7 Å². The second kappa shape index (κ2) is 12.4. The molecule has 2 atom stereocenters. The zero-order chi connectivity index (χ0) is 21.8. The predicted octanol–water partition coefficient (Wildman–Crippen LogP) is 1.25. The third kappa shape index (κ3) is 9.59. The van der Waals surface area contributed by atoms with E-state index in [4.69, 9.17) is 15.2 Å². The van der Waals surface area contributed by atoms with Gasteiger partial charge in [-0.15, -0.1) is 0 Å². The number of primary amides is 1. The Balaban J connectivity index is 2.75. The van der Waals surface area contributed by atoms with Crippen molar-refractivity contribution >= 4 is 23.9 Å². The Morgan fingerprint density at radius 3 is 2.24 bits per heavy atom. The number of ether oxygens (including phenoxy) is 2. The van der Waals surface area contributed by atoms with E-state index in [-0.39, 0.29) is 25.4 Å². The van der Waals surface area contributed by atoms with Gasteiger partial charge in [-0.2, -0.15) is 0 Å². The van der Waals surface area contributed by atoms with Crippen LogP contribution in [-0.2, 0) is 30.5 Å². The minimum absolute atomic E-state index is 0.0228. The molecule has 160 valence electrons. The molecule has 1 rings (SSSR count). The Kier molecular flexibility index (Phi) is 10.2. The third-order valence-corrected chi connectivity index (χ3v) is 4.01. The molecule has 1 aromatic carbocycles. The molecule has 0 spiro atoms. The summed E-state index contributed by atoms with van der Waals surface area (Å²) in [6.45, 7) is 3.81. The Morgan fingerprint density at radius 2 is 1.69 bits per heavy atom. The predicted molar refractivity (Wildman–Crippen MR) is 105 cm³/mol. The van der Waals surface area contributed by atoms with Crippen LogP contribution in [0.3, 0.4) is 0 Å². The second-order valence-electron chi connectivity index (χ2n) is 6.98. The number of benzene rings is 1. The fourth-order valence-corrected chi connectivity index (χ4v) is 2.56. The van der Waals surface area contributed by atoms with Gasteiger partial charge in [0.2, 0.25) is 11.8 Å². The van der Waals surface area contributed by atoms with Crippen LogP contribution in [0.5, 0.6) is 0 Å². The van der Waals surface area contributed by atoms with Crippen molar-refractivity contribution in [2.24, 2.45) is 11.7 Å². The van der Waals surface area contributed by atoms with Gasteiger partial charge in [0, 0.05) is 6.42 Å². The lowest BCUT2D eigenvalue weighted by Gasteiger charge is -2.23. The fourth-order valence-electron chi connectivity index (χ4n) is 2.56. The highest BCUT2D eigenvalue weighted by Crippen LogP contribution is 2.08. The van der Waals surface area contributed by atoms with Gasteiger partial charge in [-0.3, -0.25) is 9.59 Å². The van der Waals surface area contributed by atoms with E-state index in [1.165, 1.54) is 7.11 Å². The minimum atomic E-state index is -1.09. The first-order valence-electron chi connectivity index (χ1n) is 9.36. The van der Waals surface area contributed by atoms with Crippen LogP contribution in [0.4, 0.5) is 4.79 Å². The molecule has 0 bridgehead atoms. The van der Waals surface area contributed by atoms with E-state index in [0.717, 1.165) is 5.56 Å². The first-order valence-corrected chi connectivity index (χ1v) is 9.36. The Morgan fingerprint density at radius 1 is 1.03 bits per heavy atom. The smallest absolute Gasteiger partial charge is 0.408 e. The molecule has 0 aliphatic carbocycles. The molecule has 0 aliphatic rings. The van der Waals surface area contributed by atoms with Gasteiger partial charge in [0.15, 0.2) is 0 Å². The van der Waals surface area contributed by atoms with Crippen LogP contribution in [0.2, 0.25) is 0 Å². The number of hydrogen-bond acceptors (Lipinski definition) is 6. The highest BCUT2D eigenvalue weighted by Gasteiger charge is 2.28. The maximum atomic E-state index is 12.6. The summed E-state index contributed by atoms with van der Waals surface area (Å²) in [5, 5.41) is 4.99. The number of nitrogens with one attached hydrogen (secondary N) is 2. The van der Waals surface area contributed by atoms with Gasteiger partial charge in [0.1, 0.15) is 18.7 Å². The number of methoxy groups -OCH3 is 1. The first-order chi connectivity index (χ1) is 13.7. The third-order valence-electron chi connectivity index (χ3n) is 4.01. The maximum Gasteiger partial charge on any atom is 0.408 e. The molecule has 0 aromatic heterocycles. The molecule has 0 saturated heterocycles. The zero-order valence-electron chi connectivity index (χ0n) is 17.0. The molecule has 3 amide bonds. The summed E-state index contributed by atoms with van der Waals surface area (Å²) in [6.07, 6.45) is -0.613. The molecule has 9 heteroatoms. The van der Waals surface area contributed by atoms with Gasteiger partial charge >= 0.3 is 12.1 Å². The zero-order valence-corrected chi connectivity index (χ0v) is 17.0. The Bertz CT molecular complexity index is 693. The van der Waals surface area contributed by atoms with E-state index >= 15 is 0 Å². The van der Waals surface area contributed by atoms with Crippen molar-refractivity contribution in [3.8, 4) is 0 Å². The molecule has 0 heterocycles. The quantitative estimate of drug-likeness (QED) is 0.472. The SMILES string of the molecule is COC(=O)[C@H](CC(C)C)NC(=O)[C@H](CCC(N)=O)NC(=O)OCc1ccccc1. The summed E-state index contributed by atoms with van der Waals surface area (Å²) in [7, 11) is 1.23. The van der Waals surface area contributed by atoms with Crippen molar-refractivity contribution in [2.45, 2.75) is 51.8 Å². The number of carbonyl (C=O) groups is 4. The summed E-state index contributed by atoms with van der Waals surface area (Å²) in [5.74, 6) is -1.72. The highest BCUT2D eigenvalue weighted by molar-refractivity contribution is 5.90. The van der Waals surface area contributed by atoms with Gasteiger partial charge in [-0.1, -0.05) is 44.2 Å². The van der Waals surface area contributed by atoms with E-state index in [9.17, 15) is 19.2 Å². The summed E-state index contributed by atoms with van der Waals surface area (Å²) in [4.78, 5) is 47.8. The lowest BCUT2D eigenvalue weighted by Crippen LogP contribution is -2.52. The molecule has 0 fully saturated rings. The number of nitrogens with two attached hydrogens (primary N) is 1. The summed E-state index contributed by atoms with van der Waals surface area (Å²) >= 11 is 0. The lowest BCUT2D eigenvalue weighted by molar-refractivity contribution is -0.145. The topological polar surface area (TPSA) is 137 Å². The van der Waals surface area contributed by atoms with Gasteiger partial charge in [-0.05, 0) is 24.3 Å². The molecule has 1 aromatic rings. The van der Waals surface area contributed by atoms with Crippen molar-refractivity contribution in [1.82, 2.24) is 10.6 Å². The number of amides is 3. The van der Waals surface area contributed by atoms with Crippen LogP contribution in [0.15, 0.2) is 30.3 Å². The largest absolute Gasteiger partial charge is 0.467 e. The average Bonchev–Trinajstić information content (AvgIpc) is 2.68. The molecular weight excluding hydrogens is 378 g/mol. The van der Waals surface area contributed by atoms with Gasteiger partial charge in [-0.25, -0.2) is 9.59 Å². The van der Waals surface area contributed by atoms with E-state index in [1.54, 1.807) is 24.3 Å². The number of hydrogen-bond donors (Lipinski definition) is 3. The van der Waals surface area contributed by atoms with Crippen LogP contribution < -0.4 is 16.4 Å². The molecule has 29 heavy (non-hydrogen) atoms. The summed E-state index contributed by atoms with van der Waals surface area (Å²) in [6, 6.07) is 7.07. The van der Waals surface area contributed by atoms with Gasteiger partial charge in [0.05, 0.1) is 7.11 Å². The van der Waals surface area contributed by atoms with Crippen LogP contribution >= 0.6 is 0 Å². The maximum absolute atomic E-state index is 12.6. The number of esters is 1. The Labute approximate surface area is 170 Å². The van der Waals surface area contributed by atoms with Crippen molar-refractivity contribution in [3.05, 3.63) is 35.9 Å². The monoisotopic (exact) mass is 407 g/mol. The molecule has 0 unspecified atom stereocenters. The number of rotatable bonds is 11. The van der Waals surface area contributed by atoms with Crippen LogP contribution in [0, 0.1) is 5.92 Å². The molecule has 4 N–H and O–H groups in total. The molecule has 9 nitrogen and oxygen atoms in total. The van der Waals surface area contributed by atoms with E-state index in [2.05, 4.69) is 10.6 Å². The molecular formula is C20H29N3O6. The second-order valence-corrected chi connectivity index (χ2v) is 6.98. The molecule has 0 radical (unpaired) electrons. The van der Waals surface area contributed by atoms with Crippen molar-refractivity contribution in [3.63, 3.8) is 0 Å². The minimum Gasteiger partial charge on any atom is -0.467 e. The van der Waals surface area contributed by atoms with E-state index in [0.29, 0.717) is 6.42 Å². The van der Waals surface area contributed by atoms with Crippen LogP contribution in [0.1, 0.15) is 38.7 Å². The first kappa shape index (κ1) is 23.9. The lowest BCUT2D eigenvalue weighted by atomic mass is 10.0. The van der Waals surface area contributed by atoms with Crippen LogP contribution in [-0.4, -0.2) is 43.1 Å². The standard InChI is InChI=1S/C20H29N3O6/c1-13(2)11-16(19(26)28-3)22-18(25)15(9-10-17(21)24)23-20(27)29-12-14-7-5-4-6-8-14/h4-8,13,15-16H,9-12H2,1-3H3,(H2,21,24)(H,22,25)(H,23,27)/t15-,16-/m0/s1. The number of carbonyl (C=O) groups excluding carboxylic acids is 4. The van der Waals surface area contributed by atoms with Crippen LogP contribution in [0.25, 0.3) is 0 Å². The molecule has 0 saturated carbocycles. The summed E-state index contributed by atoms with van der Waals surface area (Å²) < 4.78 is 9.84. The summed E-state index contributed by atoms with van der Waals surface area (Å²) in [5.41, 5.74) is 5.94. The van der Waals surface area contributed by atoms with Crippen molar-refractivity contribution in [2.75, 3.05) is 7.11 Å². The molecule has 0 aliphatic heterocycles. The van der Waals surface area contributed by atoms with Crippen molar-refractivity contribution in [1.29, 1.82) is 0 Å². The number of alkyl carbamates (subject to hydrolysis) is 1. The fraction of sp³-hybridized carbons (Fsp3) is 0.500. The highest BCUT2D eigenvalue weighted by atomic mass is 16.5. The van der Waals surface area contributed by atoms with Gasteiger partial charge in [0.25, 0.3) is 0 Å². The normalized spacial score (nSPS) is 12.6. The average molecular weight is 407 g/mol. The van der Waals surface area contributed by atoms with E-state index < -0.39 is 36.0 Å².